The fourth-order valence-corrected chi connectivity index (χ4v) is 6.21. The van der Waals surface area contributed by atoms with Gasteiger partial charge in [-0.2, -0.15) is 0 Å². The van der Waals surface area contributed by atoms with Crippen molar-refractivity contribution in [2.45, 2.75) is 110 Å². The van der Waals surface area contributed by atoms with Gasteiger partial charge in [0.25, 0.3) is 0 Å². The number of ether oxygens (including phenoxy) is 1. The summed E-state index contributed by atoms with van der Waals surface area (Å²) in [6.07, 6.45) is 8.76. The van der Waals surface area contributed by atoms with Gasteiger partial charge in [-0.25, -0.2) is 9.97 Å². The van der Waals surface area contributed by atoms with Crippen LogP contribution in [0.15, 0.2) is 17.6 Å². The van der Waals surface area contributed by atoms with Crippen molar-refractivity contribution in [1.29, 1.82) is 0 Å². The van der Waals surface area contributed by atoms with Gasteiger partial charge in [0.15, 0.2) is 0 Å². The second-order valence-electron chi connectivity index (χ2n) is 11.8. The van der Waals surface area contributed by atoms with Gasteiger partial charge in [0.05, 0.1) is 22.8 Å². The monoisotopic (exact) mass is 514 g/mol. The molecule has 4 rings (SSSR count). The SMILES string of the molecule is CCCc1nc(C[C@H](NC(C)=O)[C@@H](O)CN[C@H]2CC3(CCC3)Oc3ncc(CC(C)(C)C)cc32)cs1. The van der Waals surface area contributed by atoms with Gasteiger partial charge in [0.1, 0.15) is 5.60 Å². The summed E-state index contributed by atoms with van der Waals surface area (Å²) < 4.78 is 6.40. The van der Waals surface area contributed by atoms with E-state index in [1.807, 2.05) is 11.6 Å². The molecule has 1 saturated carbocycles. The van der Waals surface area contributed by atoms with Crippen LogP contribution in [0, 0.1) is 5.41 Å². The number of amides is 1. The number of aryl methyl sites for hydroxylation is 1. The summed E-state index contributed by atoms with van der Waals surface area (Å²) in [6, 6.07) is 1.86. The number of nitrogens with zero attached hydrogens (tertiary/aromatic N) is 2. The van der Waals surface area contributed by atoms with Crippen LogP contribution in [0.1, 0.15) is 94.6 Å². The zero-order valence-electron chi connectivity index (χ0n) is 22.4. The van der Waals surface area contributed by atoms with Crippen LogP contribution in [0.4, 0.5) is 0 Å². The van der Waals surface area contributed by atoms with Crippen molar-refractivity contribution in [1.82, 2.24) is 20.6 Å². The third kappa shape index (κ3) is 6.84. The Kier molecular flexibility index (Phi) is 8.37. The summed E-state index contributed by atoms with van der Waals surface area (Å²) in [5, 5.41) is 20.9. The summed E-state index contributed by atoms with van der Waals surface area (Å²) in [4.78, 5) is 21.3. The maximum Gasteiger partial charge on any atom is 0.218 e. The highest BCUT2D eigenvalue weighted by Gasteiger charge is 2.46. The van der Waals surface area contributed by atoms with E-state index in [2.05, 4.69) is 44.4 Å². The highest BCUT2D eigenvalue weighted by molar-refractivity contribution is 7.09. The zero-order chi connectivity index (χ0) is 25.9. The van der Waals surface area contributed by atoms with E-state index in [1.165, 1.54) is 18.9 Å². The number of hydrogen-bond donors (Lipinski definition) is 3. The molecule has 2 aromatic heterocycles. The average molecular weight is 515 g/mol. The molecule has 1 aliphatic carbocycles. The highest BCUT2D eigenvalue weighted by Crippen LogP contribution is 2.48. The zero-order valence-corrected chi connectivity index (χ0v) is 23.2. The van der Waals surface area contributed by atoms with Crippen molar-refractivity contribution < 1.29 is 14.6 Å². The first-order chi connectivity index (χ1) is 17.1. The average Bonchev–Trinajstić information content (AvgIpc) is 3.21. The normalized spacial score (nSPS) is 20.2. The molecule has 3 heterocycles. The Morgan fingerprint density at radius 3 is 2.78 bits per heavy atom. The number of aliphatic hydroxyl groups excluding tert-OH is 1. The van der Waals surface area contributed by atoms with Crippen molar-refractivity contribution in [2.75, 3.05) is 6.54 Å². The minimum Gasteiger partial charge on any atom is -0.471 e. The Morgan fingerprint density at radius 2 is 2.14 bits per heavy atom. The molecule has 1 fully saturated rings. The van der Waals surface area contributed by atoms with Gasteiger partial charge in [-0.1, -0.05) is 27.7 Å². The largest absolute Gasteiger partial charge is 0.471 e. The molecule has 7 nitrogen and oxygen atoms in total. The Labute approximate surface area is 219 Å². The van der Waals surface area contributed by atoms with E-state index in [9.17, 15) is 9.90 Å². The minimum absolute atomic E-state index is 0.0459. The summed E-state index contributed by atoms with van der Waals surface area (Å²) in [6.45, 7) is 10.7. The summed E-state index contributed by atoms with van der Waals surface area (Å²) in [5.41, 5.74) is 3.20. The van der Waals surface area contributed by atoms with E-state index in [1.54, 1.807) is 11.3 Å². The number of pyridine rings is 1. The van der Waals surface area contributed by atoms with Crippen molar-refractivity contribution in [3.8, 4) is 5.88 Å². The van der Waals surface area contributed by atoms with Gasteiger partial charge in [-0.05, 0) is 55.6 Å². The minimum atomic E-state index is -0.750. The van der Waals surface area contributed by atoms with Gasteiger partial charge in [-0.15, -0.1) is 11.3 Å². The lowest BCUT2D eigenvalue weighted by Gasteiger charge is -2.47. The highest BCUT2D eigenvalue weighted by atomic mass is 32.1. The molecule has 0 bridgehead atoms. The molecule has 3 N–H and O–H groups in total. The molecule has 0 aromatic carbocycles. The number of aliphatic hydroxyl groups is 1. The van der Waals surface area contributed by atoms with Crippen molar-refractivity contribution in [3.05, 3.63) is 39.5 Å². The van der Waals surface area contributed by atoms with Crippen LogP contribution in [-0.2, 0) is 24.1 Å². The van der Waals surface area contributed by atoms with Crippen LogP contribution in [0.5, 0.6) is 5.88 Å². The van der Waals surface area contributed by atoms with E-state index in [-0.39, 0.29) is 23.0 Å². The first-order valence-corrected chi connectivity index (χ1v) is 14.2. The molecule has 2 aromatic rings. The number of hydrogen-bond acceptors (Lipinski definition) is 7. The van der Waals surface area contributed by atoms with Crippen molar-refractivity contribution in [2.24, 2.45) is 5.41 Å². The number of nitrogens with one attached hydrogen (secondary N) is 2. The number of carbonyl (C=O) groups is 1. The van der Waals surface area contributed by atoms with E-state index in [4.69, 9.17) is 14.7 Å². The summed E-state index contributed by atoms with van der Waals surface area (Å²) in [5.74, 6) is 0.568. The Morgan fingerprint density at radius 1 is 1.36 bits per heavy atom. The van der Waals surface area contributed by atoms with Crippen LogP contribution in [0.25, 0.3) is 0 Å². The first kappa shape index (κ1) is 27.0. The summed E-state index contributed by atoms with van der Waals surface area (Å²) in [7, 11) is 0. The molecule has 3 atom stereocenters. The molecule has 1 aliphatic heterocycles. The van der Waals surface area contributed by atoms with Crippen LogP contribution < -0.4 is 15.4 Å². The molecular weight excluding hydrogens is 472 g/mol. The summed E-state index contributed by atoms with van der Waals surface area (Å²) >= 11 is 1.65. The fraction of sp³-hybridized carbons (Fsp3) is 0.679. The second kappa shape index (κ2) is 11.2. The van der Waals surface area contributed by atoms with Gasteiger partial charge >= 0.3 is 0 Å². The van der Waals surface area contributed by atoms with Crippen molar-refractivity contribution >= 4 is 17.2 Å². The lowest BCUT2D eigenvalue weighted by molar-refractivity contribution is -0.120. The standard InChI is InChI=1S/C28H42N4O3S/c1-6-8-25-32-20(17-36-25)12-22(31-18(2)33)24(34)16-29-23-14-28(9-7-10-28)35-26-21(23)11-19(15-30-26)13-27(3,4)5/h11,15,17,22-24,29,34H,6-10,12-14,16H2,1-5H3,(H,31,33)/t22-,23-,24-/m0/s1. The van der Waals surface area contributed by atoms with Gasteiger partial charge in [-0.3, -0.25) is 4.79 Å². The predicted octanol–water partition coefficient (Wildman–Crippen LogP) is 4.52. The molecule has 0 saturated heterocycles. The number of thiazole rings is 1. The molecule has 0 radical (unpaired) electrons. The molecular formula is C28H42N4O3S. The first-order valence-electron chi connectivity index (χ1n) is 13.4. The Bertz CT molecular complexity index is 1040. The molecule has 36 heavy (non-hydrogen) atoms. The van der Waals surface area contributed by atoms with E-state index >= 15 is 0 Å². The third-order valence-corrected chi connectivity index (χ3v) is 8.08. The number of aromatic nitrogens is 2. The Hall–Kier alpha value is -2.03. The lowest BCUT2D eigenvalue weighted by Crippen LogP contribution is -2.52. The number of fused-ring (bicyclic) bond motifs is 1. The van der Waals surface area contributed by atoms with Crippen molar-refractivity contribution in [3.63, 3.8) is 0 Å². The number of rotatable bonds is 10. The fourth-order valence-electron chi connectivity index (χ4n) is 5.29. The molecule has 1 spiro atoms. The second-order valence-corrected chi connectivity index (χ2v) is 12.8. The topological polar surface area (TPSA) is 96.4 Å². The Balaban J connectivity index is 1.48. The van der Waals surface area contributed by atoms with Gasteiger partial charge in [0.2, 0.25) is 11.8 Å². The predicted molar refractivity (Wildman–Crippen MR) is 143 cm³/mol. The molecule has 2 aliphatic rings. The molecule has 8 heteroatoms. The quantitative estimate of drug-likeness (QED) is 0.431. The van der Waals surface area contributed by atoms with Crippen LogP contribution in [0.2, 0.25) is 0 Å². The third-order valence-electron chi connectivity index (χ3n) is 7.12. The van der Waals surface area contributed by atoms with Crippen LogP contribution >= 0.6 is 11.3 Å². The molecule has 198 valence electrons. The number of carbonyl (C=O) groups excluding carboxylic acids is 1. The molecule has 1 amide bonds. The maximum atomic E-state index is 11.9. The molecule has 0 unspecified atom stereocenters. The lowest BCUT2D eigenvalue weighted by atomic mass is 9.73. The van der Waals surface area contributed by atoms with Gasteiger partial charge < -0.3 is 20.5 Å². The van der Waals surface area contributed by atoms with E-state index in [0.29, 0.717) is 13.0 Å². The van der Waals surface area contributed by atoms with Gasteiger partial charge in [0, 0.05) is 49.5 Å². The van der Waals surface area contributed by atoms with E-state index in [0.717, 1.165) is 60.7 Å². The van der Waals surface area contributed by atoms with Crippen LogP contribution in [0.3, 0.4) is 0 Å². The van der Waals surface area contributed by atoms with Crippen LogP contribution in [-0.4, -0.2) is 45.3 Å². The smallest absolute Gasteiger partial charge is 0.218 e. The maximum absolute atomic E-state index is 11.9. The van der Waals surface area contributed by atoms with E-state index < -0.39 is 12.1 Å².